The van der Waals surface area contributed by atoms with E-state index in [1.165, 1.54) is 32.2 Å². The maximum Gasteiger partial charge on any atom is 0.0594 e. The molecule has 3 saturated heterocycles. The van der Waals surface area contributed by atoms with Gasteiger partial charge in [-0.25, -0.2) is 0 Å². The standard InChI is InChI=1S/C12H22N2O/c1-2-12-8-10(7-11(1)13-12)9-14-3-5-15-6-4-14/h10-13H,1-9H2. The normalized spacial score (nSPS) is 42.0. The van der Waals surface area contributed by atoms with E-state index in [0.717, 1.165) is 44.3 Å². The van der Waals surface area contributed by atoms with Crippen molar-refractivity contribution in [1.29, 1.82) is 0 Å². The van der Waals surface area contributed by atoms with Crippen LogP contribution < -0.4 is 5.32 Å². The Labute approximate surface area is 92.2 Å². The van der Waals surface area contributed by atoms with Gasteiger partial charge in [0.05, 0.1) is 13.2 Å². The number of hydrogen-bond acceptors (Lipinski definition) is 3. The van der Waals surface area contributed by atoms with Crippen molar-refractivity contribution < 1.29 is 4.74 Å². The summed E-state index contributed by atoms with van der Waals surface area (Å²) in [6, 6.07) is 1.68. The first-order chi connectivity index (χ1) is 7.40. The summed E-state index contributed by atoms with van der Waals surface area (Å²) in [5, 5.41) is 3.71. The first-order valence-corrected chi connectivity index (χ1v) is 6.46. The Kier molecular flexibility index (Phi) is 2.95. The summed E-state index contributed by atoms with van der Waals surface area (Å²) in [5.74, 6) is 0.946. The Morgan fingerprint density at radius 2 is 1.73 bits per heavy atom. The number of nitrogens with zero attached hydrogens (tertiary/aromatic N) is 1. The van der Waals surface area contributed by atoms with Crippen LogP contribution >= 0.6 is 0 Å². The molecule has 0 aromatic carbocycles. The van der Waals surface area contributed by atoms with Gasteiger partial charge in [0.25, 0.3) is 0 Å². The molecule has 3 aliphatic heterocycles. The van der Waals surface area contributed by atoms with Gasteiger partial charge in [0.15, 0.2) is 0 Å². The molecule has 2 bridgehead atoms. The van der Waals surface area contributed by atoms with E-state index in [4.69, 9.17) is 4.74 Å². The number of piperidine rings is 1. The number of morpholine rings is 1. The molecule has 3 aliphatic rings. The maximum absolute atomic E-state index is 5.39. The first kappa shape index (κ1) is 10.1. The molecule has 0 saturated carbocycles. The second-order valence-electron chi connectivity index (χ2n) is 5.39. The first-order valence-electron chi connectivity index (χ1n) is 6.46. The molecule has 0 aromatic heterocycles. The van der Waals surface area contributed by atoms with Crippen molar-refractivity contribution in [3.63, 3.8) is 0 Å². The van der Waals surface area contributed by atoms with Crippen LogP contribution in [-0.2, 0) is 4.74 Å². The summed E-state index contributed by atoms with van der Waals surface area (Å²) < 4.78 is 5.39. The van der Waals surface area contributed by atoms with Crippen LogP contribution in [0.5, 0.6) is 0 Å². The molecule has 3 nitrogen and oxygen atoms in total. The molecule has 3 fully saturated rings. The summed E-state index contributed by atoms with van der Waals surface area (Å²) in [4.78, 5) is 2.60. The molecule has 15 heavy (non-hydrogen) atoms. The van der Waals surface area contributed by atoms with Crippen molar-refractivity contribution in [2.24, 2.45) is 5.92 Å². The molecule has 3 heteroatoms. The largest absolute Gasteiger partial charge is 0.379 e. The van der Waals surface area contributed by atoms with Crippen LogP contribution in [0.4, 0.5) is 0 Å². The van der Waals surface area contributed by atoms with Crippen molar-refractivity contribution >= 4 is 0 Å². The van der Waals surface area contributed by atoms with E-state index < -0.39 is 0 Å². The zero-order valence-corrected chi connectivity index (χ0v) is 9.45. The lowest BCUT2D eigenvalue weighted by Crippen LogP contribution is -2.45. The highest BCUT2D eigenvalue weighted by Gasteiger charge is 2.34. The fraction of sp³-hybridized carbons (Fsp3) is 1.00. The predicted molar refractivity (Wildman–Crippen MR) is 59.9 cm³/mol. The van der Waals surface area contributed by atoms with E-state index >= 15 is 0 Å². The lowest BCUT2D eigenvalue weighted by Gasteiger charge is -2.35. The fourth-order valence-electron chi connectivity index (χ4n) is 3.47. The Bertz CT molecular complexity index is 204. The average molecular weight is 210 g/mol. The van der Waals surface area contributed by atoms with Gasteiger partial charge in [-0.05, 0) is 31.6 Å². The van der Waals surface area contributed by atoms with Crippen LogP contribution in [0.15, 0.2) is 0 Å². The zero-order chi connectivity index (χ0) is 10.1. The number of rotatable bonds is 2. The smallest absolute Gasteiger partial charge is 0.0594 e. The van der Waals surface area contributed by atoms with E-state index in [9.17, 15) is 0 Å². The minimum absolute atomic E-state index is 0.842. The molecular formula is C12H22N2O. The van der Waals surface area contributed by atoms with E-state index in [0.29, 0.717) is 0 Å². The van der Waals surface area contributed by atoms with Gasteiger partial charge in [0, 0.05) is 31.7 Å². The van der Waals surface area contributed by atoms with Crippen molar-refractivity contribution in [2.75, 3.05) is 32.8 Å². The van der Waals surface area contributed by atoms with E-state index in [1.807, 2.05) is 0 Å². The highest BCUT2D eigenvalue weighted by molar-refractivity contribution is 4.92. The van der Waals surface area contributed by atoms with E-state index in [-0.39, 0.29) is 0 Å². The van der Waals surface area contributed by atoms with Crippen molar-refractivity contribution in [2.45, 2.75) is 37.8 Å². The SMILES string of the molecule is C1CN(CC2CC3CCC(C2)N3)CCO1. The van der Waals surface area contributed by atoms with E-state index in [2.05, 4.69) is 10.2 Å². The molecule has 2 unspecified atom stereocenters. The fourth-order valence-corrected chi connectivity index (χ4v) is 3.47. The van der Waals surface area contributed by atoms with Crippen LogP contribution in [0.3, 0.4) is 0 Å². The highest BCUT2D eigenvalue weighted by Crippen LogP contribution is 2.31. The minimum Gasteiger partial charge on any atom is -0.379 e. The van der Waals surface area contributed by atoms with Gasteiger partial charge >= 0.3 is 0 Å². The average Bonchev–Trinajstić information content (AvgIpc) is 2.60. The summed E-state index contributed by atoms with van der Waals surface area (Å²) in [6.07, 6.45) is 5.66. The topological polar surface area (TPSA) is 24.5 Å². The molecule has 1 N–H and O–H groups in total. The Balaban J connectivity index is 1.50. The third-order valence-corrected chi connectivity index (χ3v) is 4.19. The van der Waals surface area contributed by atoms with Gasteiger partial charge < -0.3 is 10.1 Å². The van der Waals surface area contributed by atoms with Crippen molar-refractivity contribution in [1.82, 2.24) is 10.2 Å². The molecule has 0 spiro atoms. The molecule has 0 aliphatic carbocycles. The predicted octanol–water partition coefficient (Wildman–Crippen LogP) is 0.849. The van der Waals surface area contributed by atoms with Crippen molar-refractivity contribution in [3.05, 3.63) is 0 Å². The monoisotopic (exact) mass is 210 g/mol. The number of ether oxygens (including phenoxy) is 1. The molecule has 0 radical (unpaired) electrons. The summed E-state index contributed by atoms with van der Waals surface area (Å²) in [5.41, 5.74) is 0. The highest BCUT2D eigenvalue weighted by atomic mass is 16.5. The van der Waals surface area contributed by atoms with Crippen LogP contribution in [0.25, 0.3) is 0 Å². The molecule has 2 atom stereocenters. The zero-order valence-electron chi connectivity index (χ0n) is 9.45. The Hall–Kier alpha value is -0.120. The van der Waals surface area contributed by atoms with Crippen molar-refractivity contribution in [3.8, 4) is 0 Å². The lowest BCUT2D eigenvalue weighted by atomic mass is 9.92. The van der Waals surface area contributed by atoms with Gasteiger partial charge in [-0.1, -0.05) is 0 Å². The van der Waals surface area contributed by atoms with Gasteiger partial charge in [0.1, 0.15) is 0 Å². The Morgan fingerprint density at radius 3 is 2.40 bits per heavy atom. The number of fused-ring (bicyclic) bond motifs is 2. The second kappa shape index (κ2) is 4.40. The molecule has 86 valence electrons. The van der Waals surface area contributed by atoms with Crippen LogP contribution in [-0.4, -0.2) is 49.8 Å². The maximum atomic E-state index is 5.39. The Morgan fingerprint density at radius 1 is 1.07 bits per heavy atom. The molecule has 0 amide bonds. The summed E-state index contributed by atoms with van der Waals surface area (Å²) >= 11 is 0. The second-order valence-corrected chi connectivity index (χ2v) is 5.39. The molecule has 3 heterocycles. The molecule has 0 aromatic rings. The van der Waals surface area contributed by atoms with Gasteiger partial charge in [-0.3, -0.25) is 4.90 Å². The molecular weight excluding hydrogens is 188 g/mol. The van der Waals surface area contributed by atoms with Crippen LogP contribution in [0.1, 0.15) is 25.7 Å². The van der Waals surface area contributed by atoms with Crippen LogP contribution in [0, 0.1) is 5.92 Å². The summed E-state index contributed by atoms with van der Waals surface area (Å²) in [7, 11) is 0. The number of nitrogens with one attached hydrogen (secondary N) is 1. The van der Waals surface area contributed by atoms with E-state index in [1.54, 1.807) is 0 Å². The third-order valence-electron chi connectivity index (χ3n) is 4.19. The summed E-state index contributed by atoms with van der Waals surface area (Å²) in [6.45, 7) is 5.51. The minimum atomic E-state index is 0.842. The molecule has 3 rings (SSSR count). The lowest BCUT2D eigenvalue weighted by molar-refractivity contribution is 0.0267. The quantitative estimate of drug-likeness (QED) is 0.731. The number of hydrogen-bond donors (Lipinski definition) is 1. The van der Waals surface area contributed by atoms with Gasteiger partial charge in [-0.15, -0.1) is 0 Å². The van der Waals surface area contributed by atoms with Crippen LogP contribution in [0.2, 0.25) is 0 Å². The van der Waals surface area contributed by atoms with Gasteiger partial charge in [0.2, 0.25) is 0 Å². The van der Waals surface area contributed by atoms with Gasteiger partial charge in [-0.2, -0.15) is 0 Å². The third kappa shape index (κ3) is 2.35.